The molecule has 2 aliphatic heterocycles. The highest BCUT2D eigenvalue weighted by Gasteiger charge is 2.54. The zero-order valence-corrected chi connectivity index (χ0v) is 18.1. The van der Waals surface area contributed by atoms with E-state index >= 15 is 0 Å². The minimum Gasteiger partial charge on any atom is -0.472 e. The first-order valence-electron chi connectivity index (χ1n) is 10.8. The van der Waals surface area contributed by atoms with Crippen LogP contribution in [0.2, 0.25) is 0 Å². The summed E-state index contributed by atoms with van der Waals surface area (Å²) in [6, 6.07) is 17.4. The Morgan fingerprint density at radius 1 is 0.906 bits per heavy atom. The summed E-state index contributed by atoms with van der Waals surface area (Å²) in [4.78, 5) is 26.4. The van der Waals surface area contributed by atoms with Crippen molar-refractivity contribution in [2.24, 2.45) is 0 Å². The van der Waals surface area contributed by atoms with E-state index in [0.29, 0.717) is 0 Å². The molecule has 1 atom stereocenters. The maximum Gasteiger partial charge on any atom is 0.339 e. The quantitative estimate of drug-likeness (QED) is 0.656. The summed E-state index contributed by atoms with van der Waals surface area (Å²) >= 11 is 0. The Labute approximate surface area is 187 Å². The van der Waals surface area contributed by atoms with Crippen molar-refractivity contribution in [2.75, 3.05) is 14.2 Å². The van der Waals surface area contributed by atoms with E-state index < -0.39 is 17.5 Å². The van der Waals surface area contributed by atoms with Gasteiger partial charge in [0, 0.05) is 16.7 Å². The van der Waals surface area contributed by atoms with Gasteiger partial charge in [0.05, 0.1) is 19.8 Å². The topological polar surface area (TPSA) is 61.8 Å². The normalized spacial score (nSPS) is 27.6. The smallest absolute Gasteiger partial charge is 0.339 e. The molecule has 0 unspecified atom stereocenters. The minimum absolute atomic E-state index is 0.165. The van der Waals surface area contributed by atoms with Crippen LogP contribution < -0.4 is 0 Å². The number of allylic oxidation sites excluding steroid dienone is 3. The molecule has 0 N–H and O–H groups in total. The van der Waals surface area contributed by atoms with Gasteiger partial charge in [-0.05, 0) is 36.8 Å². The Balaban J connectivity index is 1.97. The van der Waals surface area contributed by atoms with E-state index in [1.54, 1.807) is 0 Å². The summed E-state index contributed by atoms with van der Waals surface area (Å²) in [5, 5.41) is 0. The van der Waals surface area contributed by atoms with Crippen molar-refractivity contribution >= 4 is 17.7 Å². The molecule has 1 fully saturated rings. The first-order valence-corrected chi connectivity index (χ1v) is 10.8. The molecule has 5 heteroatoms. The number of carbonyl (C=O) groups excluding carboxylic acids is 2. The van der Waals surface area contributed by atoms with Gasteiger partial charge in [-0.1, -0.05) is 60.7 Å². The van der Waals surface area contributed by atoms with E-state index in [0.717, 1.165) is 52.9 Å². The first kappa shape index (κ1) is 20.3. The van der Waals surface area contributed by atoms with Gasteiger partial charge in [-0.2, -0.15) is 0 Å². The molecule has 0 amide bonds. The number of carbonyl (C=O) groups is 2. The van der Waals surface area contributed by atoms with Gasteiger partial charge in [0.15, 0.2) is 5.60 Å². The Morgan fingerprint density at radius 2 is 1.62 bits per heavy atom. The number of esters is 2. The van der Waals surface area contributed by atoms with Crippen LogP contribution in [0.15, 0.2) is 83.0 Å². The molecular weight excluding hydrogens is 404 g/mol. The van der Waals surface area contributed by atoms with Crippen LogP contribution in [0.4, 0.5) is 0 Å². The molecule has 2 heterocycles. The van der Waals surface area contributed by atoms with E-state index in [1.165, 1.54) is 14.2 Å². The fourth-order valence-electron chi connectivity index (χ4n) is 5.16. The van der Waals surface area contributed by atoms with E-state index in [-0.39, 0.29) is 17.6 Å². The molecule has 0 spiro atoms. The number of hydrogen-bond donors (Lipinski definition) is 0. The monoisotopic (exact) mass is 428 g/mol. The Bertz CT molecular complexity index is 1200. The fraction of sp³-hybridized carbons (Fsp3) is 0.259. The highest BCUT2D eigenvalue weighted by Crippen LogP contribution is 2.56. The molecule has 2 bridgehead atoms. The highest BCUT2D eigenvalue weighted by molar-refractivity contribution is 6.04. The van der Waals surface area contributed by atoms with E-state index in [4.69, 9.17) is 14.2 Å². The number of rotatable bonds is 3. The number of methoxy groups -OCH3 is 2. The molecule has 1 saturated carbocycles. The lowest BCUT2D eigenvalue weighted by molar-refractivity contribution is -0.141. The third kappa shape index (κ3) is 2.84. The van der Waals surface area contributed by atoms with Crippen molar-refractivity contribution in [1.29, 1.82) is 0 Å². The summed E-state index contributed by atoms with van der Waals surface area (Å²) in [5.74, 6) is -0.393. The van der Waals surface area contributed by atoms with Crippen molar-refractivity contribution in [3.8, 4) is 0 Å². The predicted octanol–water partition coefficient (Wildman–Crippen LogP) is 4.83. The lowest BCUT2D eigenvalue weighted by Gasteiger charge is -2.33. The summed E-state index contributed by atoms with van der Waals surface area (Å²) < 4.78 is 17.2. The fourth-order valence-corrected chi connectivity index (χ4v) is 5.16. The van der Waals surface area contributed by atoms with Gasteiger partial charge in [-0.25, -0.2) is 9.59 Å². The molecule has 5 nitrogen and oxygen atoms in total. The molecule has 2 aromatic rings. The Morgan fingerprint density at radius 3 is 2.38 bits per heavy atom. The van der Waals surface area contributed by atoms with Crippen molar-refractivity contribution in [3.63, 3.8) is 0 Å². The van der Waals surface area contributed by atoms with Gasteiger partial charge in [-0.3, -0.25) is 0 Å². The SMILES string of the molecule is COC(=O)/C1=C(\C(=O)OC)[C@]2(c3ccccc3)O/C(=C3/CCC/C3=C/C1)c1ccccc12. The van der Waals surface area contributed by atoms with Crippen LogP contribution in [-0.4, -0.2) is 26.2 Å². The number of fused-ring (bicyclic) bond motifs is 6. The highest BCUT2D eigenvalue weighted by atomic mass is 16.5. The lowest BCUT2D eigenvalue weighted by Crippen LogP contribution is -2.36. The van der Waals surface area contributed by atoms with Crippen LogP contribution in [-0.2, 0) is 29.4 Å². The van der Waals surface area contributed by atoms with E-state index in [1.807, 2.05) is 60.7 Å². The average molecular weight is 428 g/mol. The molecule has 32 heavy (non-hydrogen) atoms. The van der Waals surface area contributed by atoms with Crippen LogP contribution >= 0.6 is 0 Å². The molecule has 0 saturated heterocycles. The van der Waals surface area contributed by atoms with Crippen LogP contribution in [0.5, 0.6) is 0 Å². The molecule has 5 rings (SSSR count). The Kier molecular flexibility index (Phi) is 4.97. The van der Waals surface area contributed by atoms with Crippen molar-refractivity contribution in [2.45, 2.75) is 31.3 Å². The Hall–Kier alpha value is -3.60. The number of benzene rings is 2. The first-order chi connectivity index (χ1) is 15.6. The maximum atomic E-state index is 13.4. The molecule has 0 aromatic heterocycles. The van der Waals surface area contributed by atoms with Gasteiger partial charge < -0.3 is 14.2 Å². The van der Waals surface area contributed by atoms with Crippen molar-refractivity contribution in [1.82, 2.24) is 0 Å². The molecule has 3 aliphatic rings. The predicted molar refractivity (Wildman–Crippen MR) is 119 cm³/mol. The number of hydrogen-bond acceptors (Lipinski definition) is 5. The largest absolute Gasteiger partial charge is 0.472 e. The van der Waals surface area contributed by atoms with Crippen LogP contribution in [0.25, 0.3) is 5.76 Å². The minimum atomic E-state index is -1.32. The lowest BCUT2D eigenvalue weighted by atomic mass is 9.76. The second kappa shape index (κ2) is 7.83. The zero-order valence-electron chi connectivity index (χ0n) is 18.1. The van der Waals surface area contributed by atoms with Crippen LogP contribution in [0, 0.1) is 0 Å². The number of ether oxygens (including phenoxy) is 3. The molecule has 1 aliphatic carbocycles. The van der Waals surface area contributed by atoms with E-state index in [2.05, 4.69) is 0 Å². The molecule has 0 radical (unpaired) electrons. The maximum absolute atomic E-state index is 13.4. The second-order valence-electron chi connectivity index (χ2n) is 8.13. The van der Waals surface area contributed by atoms with Crippen molar-refractivity contribution in [3.05, 3.63) is 99.7 Å². The average Bonchev–Trinajstić information content (AvgIpc) is 3.45. The summed E-state index contributed by atoms with van der Waals surface area (Å²) in [5.41, 5.74) is 3.92. The van der Waals surface area contributed by atoms with Crippen LogP contribution in [0.3, 0.4) is 0 Å². The third-order valence-corrected chi connectivity index (χ3v) is 6.55. The summed E-state index contributed by atoms with van der Waals surface area (Å²) in [6.07, 6.45) is 5.13. The van der Waals surface area contributed by atoms with Crippen molar-refractivity contribution < 1.29 is 23.8 Å². The van der Waals surface area contributed by atoms with Gasteiger partial charge in [0.2, 0.25) is 0 Å². The van der Waals surface area contributed by atoms with Gasteiger partial charge in [-0.15, -0.1) is 0 Å². The summed E-state index contributed by atoms with van der Waals surface area (Å²) in [7, 11) is 2.65. The summed E-state index contributed by atoms with van der Waals surface area (Å²) in [6.45, 7) is 0. The molecule has 162 valence electrons. The standard InChI is InChI=1S/C27H24O5/c1-30-25(28)21-16-15-17-9-8-13-19(17)24-20-12-6-7-14-22(20)27(32-24,23(21)26(29)31-2)18-10-4-3-5-11-18/h3-7,10-12,14-15H,8-9,13,16H2,1-2H3/b17-15-,23-21+,24-19-/t27-/m1/s1. The third-order valence-electron chi connectivity index (χ3n) is 6.55. The van der Waals surface area contributed by atoms with E-state index in [9.17, 15) is 9.59 Å². The molecular formula is C27H24O5. The van der Waals surface area contributed by atoms with Gasteiger partial charge in [0.25, 0.3) is 0 Å². The second-order valence-corrected chi connectivity index (χ2v) is 8.13. The zero-order chi connectivity index (χ0) is 22.3. The van der Waals surface area contributed by atoms with Gasteiger partial charge in [0.1, 0.15) is 11.3 Å². The van der Waals surface area contributed by atoms with Gasteiger partial charge >= 0.3 is 11.9 Å². The molecule has 2 aromatic carbocycles. The van der Waals surface area contributed by atoms with Crippen LogP contribution in [0.1, 0.15) is 42.4 Å².